The van der Waals surface area contributed by atoms with E-state index in [1.54, 1.807) is 0 Å². The molecule has 1 saturated heterocycles. The van der Waals surface area contributed by atoms with Gasteiger partial charge in [0.25, 0.3) is 0 Å². The van der Waals surface area contributed by atoms with E-state index in [0.717, 1.165) is 11.8 Å². The molecule has 0 aromatic rings. The van der Waals surface area contributed by atoms with E-state index in [0.29, 0.717) is 5.54 Å². The Morgan fingerprint density at radius 3 is 2.57 bits per heavy atom. The van der Waals surface area contributed by atoms with Crippen molar-refractivity contribution < 1.29 is 0 Å². The van der Waals surface area contributed by atoms with Gasteiger partial charge in [0.2, 0.25) is 0 Å². The fourth-order valence-electron chi connectivity index (χ4n) is 2.74. The van der Waals surface area contributed by atoms with Crippen molar-refractivity contribution in [3.05, 3.63) is 0 Å². The summed E-state index contributed by atoms with van der Waals surface area (Å²) in [7, 11) is 0. The summed E-state index contributed by atoms with van der Waals surface area (Å²) in [6, 6.07) is 0. The molecule has 2 rings (SSSR count). The van der Waals surface area contributed by atoms with Crippen molar-refractivity contribution in [1.29, 1.82) is 0 Å². The molecule has 2 nitrogen and oxygen atoms in total. The van der Waals surface area contributed by atoms with Gasteiger partial charge in [0.1, 0.15) is 0 Å². The van der Waals surface area contributed by atoms with Gasteiger partial charge in [-0.05, 0) is 57.2 Å². The minimum atomic E-state index is 0.530. The molecule has 2 fully saturated rings. The molecule has 1 heterocycles. The van der Waals surface area contributed by atoms with Gasteiger partial charge in [-0.3, -0.25) is 0 Å². The van der Waals surface area contributed by atoms with Crippen LogP contribution in [0.25, 0.3) is 0 Å². The molecular weight excluding hydrogens is 172 g/mol. The lowest BCUT2D eigenvalue weighted by Gasteiger charge is -2.43. The Morgan fingerprint density at radius 2 is 2.14 bits per heavy atom. The van der Waals surface area contributed by atoms with Crippen LogP contribution >= 0.6 is 0 Å². The van der Waals surface area contributed by atoms with Gasteiger partial charge in [0.15, 0.2) is 0 Å². The van der Waals surface area contributed by atoms with Crippen molar-refractivity contribution in [2.24, 2.45) is 11.8 Å². The molecule has 0 spiro atoms. The zero-order chi connectivity index (χ0) is 10.0. The molecule has 0 aromatic heterocycles. The highest BCUT2D eigenvalue weighted by Crippen LogP contribution is 2.34. The lowest BCUT2D eigenvalue weighted by Crippen LogP contribution is -2.52. The quantitative estimate of drug-likeness (QED) is 0.716. The van der Waals surface area contributed by atoms with Crippen LogP contribution in [0.3, 0.4) is 0 Å². The van der Waals surface area contributed by atoms with E-state index in [4.69, 9.17) is 0 Å². The second-order valence-electron chi connectivity index (χ2n) is 5.26. The van der Waals surface area contributed by atoms with Crippen LogP contribution in [0.15, 0.2) is 0 Å². The van der Waals surface area contributed by atoms with E-state index >= 15 is 0 Å². The molecule has 1 saturated carbocycles. The second kappa shape index (κ2) is 4.19. The van der Waals surface area contributed by atoms with Crippen LogP contribution in [0.5, 0.6) is 0 Å². The molecule has 14 heavy (non-hydrogen) atoms. The molecule has 0 aromatic carbocycles. The number of hydrogen-bond acceptors (Lipinski definition) is 2. The molecule has 0 unspecified atom stereocenters. The van der Waals surface area contributed by atoms with Gasteiger partial charge in [-0.1, -0.05) is 13.8 Å². The Bertz CT molecular complexity index is 181. The molecule has 1 aliphatic carbocycles. The smallest absolute Gasteiger partial charge is 0.0179 e. The van der Waals surface area contributed by atoms with Gasteiger partial charge in [0, 0.05) is 5.54 Å². The Morgan fingerprint density at radius 1 is 1.36 bits per heavy atom. The van der Waals surface area contributed by atoms with E-state index in [1.165, 1.54) is 45.3 Å². The summed E-state index contributed by atoms with van der Waals surface area (Å²) in [6.07, 6.45) is 5.54. The van der Waals surface area contributed by atoms with Crippen LogP contribution in [0.4, 0.5) is 0 Å². The molecular formula is C12H24N2. The van der Waals surface area contributed by atoms with Gasteiger partial charge < -0.3 is 10.6 Å². The second-order valence-corrected chi connectivity index (χ2v) is 5.26. The number of nitrogens with one attached hydrogen (secondary N) is 2. The molecule has 0 radical (unpaired) electrons. The van der Waals surface area contributed by atoms with Crippen LogP contribution < -0.4 is 10.6 Å². The van der Waals surface area contributed by atoms with Crippen LogP contribution in [-0.2, 0) is 0 Å². The highest BCUT2D eigenvalue weighted by molar-refractivity contribution is 4.95. The highest BCUT2D eigenvalue weighted by Gasteiger charge is 2.35. The highest BCUT2D eigenvalue weighted by atomic mass is 15.0. The van der Waals surface area contributed by atoms with E-state index in [9.17, 15) is 0 Å². The van der Waals surface area contributed by atoms with Crippen molar-refractivity contribution in [3.63, 3.8) is 0 Å². The van der Waals surface area contributed by atoms with Crippen molar-refractivity contribution in [1.82, 2.24) is 10.6 Å². The summed E-state index contributed by atoms with van der Waals surface area (Å²) in [5.41, 5.74) is 0.530. The van der Waals surface area contributed by atoms with E-state index in [1.807, 2.05) is 0 Å². The minimum absolute atomic E-state index is 0.530. The van der Waals surface area contributed by atoms with Crippen molar-refractivity contribution in [3.8, 4) is 0 Å². The maximum Gasteiger partial charge on any atom is 0.0179 e. The average molecular weight is 196 g/mol. The maximum absolute atomic E-state index is 3.81. The topological polar surface area (TPSA) is 24.1 Å². The Hall–Kier alpha value is -0.0800. The first-order valence-corrected chi connectivity index (χ1v) is 6.21. The first-order valence-electron chi connectivity index (χ1n) is 6.21. The molecule has 2 N–H and O–H groups in total. The van der Waals surface area contributed by atoms with Gasteiger partial charge in [-0.25, -0.2) is 0 Å². The molecule has 2 aliphatic rings. The third-order valence-electron chi connectivity index (χ3n) is 4.40. The number of rotatable bonds is 4. The first kappa shape index (κ1) is 10.4. The molecule has 1 aliphatic heterocycles. The van der Waals surface area contributed by atoms with Crippen LogP contribution in [0.1, 0.15) is 39.5 Å². The van der Waals surface area contributed by atoms with Crippen LogP contribution in [0.2, 0.25) is 0 Å². The summed E-state index contributed by atoms with van der Waals surface area (Å²) in [6.45, 7) is 8.34. The lowest BCUT2D eigenvalue weighted by molar-refractivity contribution is 0.165. The standard InChI is InChI=1S/C12H24N2/c1-3-12(5-4-6-12)14-9-11-8-13-7-10(11)2/h10-11,13-14H,3-9H2,1-2H3/t10-,11+/m1/s1. The Kier molecular flexibility index (Phi) is 3.13. The molecule has 0 bridgehead atoms. The monoisotopic (exact) mass is 196 g/mol. The van der Waals surface area contributed by atoms with Crippen LogP contribution in [-0.4, -0.2) is 25.2 Å². The SMILES string of the molecule is CCC1(NC[C@@H]2CNC[C@H]2C)CCC1. The number of hydrogen-bond donors (Lipinski definition) is 2. The summed E-state index contributed by atoms with van der Waals surface area (Å²) in [4.78, 5) is 0. The van der Waals surface area contributed by atoms with E-state index < -0.39 is 0 Å². The summed E-state index contributed by atoms with van der Waals surface area (Å²) < 4.78 is 0. The zero-order valence-corrected chi connectivity index (χ0v) is 9.60. The molecule has 82 valence electrons. The third-order valence-corrected chi connectivity index (χ3v) is 4.40. The third kappa shape index (κ3) is 1.96. The van der Waals surface area contributed by atoms with Crippen molar-refractivity contribution in [2.75, 3.05) is 19.6 Å². The fraction of sp³-hybridized carbons (Fsp3) is 1.00. The molecule has 0 amide bonds. The van der Waals surface area contributed by atoms with Crippen molar-refractivity contribution >= 4 is 0 Å². The summed E-state index contributed by atoms with van der Waals surface area (Å²) >= 11 is 0. The van der Waals surface area contributed by atoms with E-state index in [-0.39, 0.29) is 0 Å². The van der Waals surface area contributed by atoms with Crippen LogP contribution in [0, 0.1) is 11.8 Å². The predicted molar refractivity (Wildman–Crippen MR) is 60.4 cm³/mol. The maximum atomic E-state index is 3.81. The summed E-state index contributed by atoms with van der Waals surface area (Å²) in [5.74, 6) is 1.72. The van der Waals surface area contributed by atoms with Gasteiger partial charge in [-0.2, -0.15) is 0 Å². The van der Waals surface area contributed by atoms with Gasteiger partial charge in [0.05, 0.1) is 0 Å². The zero-order valence-electron chi connectivity index (χ0n) is 9.60. The van der Waals surface area contributed by atoms with Crippen molar-refractivity contribution in [2.45, 2.75) is 45.1 Å². The van der Waals surface area contributed by atoms with Gasteiger partial charge in [-0.15, -0.1) is 0 Å². The van der Waals surface area contributed by atoms with E-state index in [2.05, 4.69) is 24.5 Å². The lowest BCUT2D eigenvalue weighted by atomic mass is 9.74. The fourth-order valence-corrected chi connectivity index (χ4v) is 2.74. The minimum Gasteiger partial charge on any atom is -0.316 e. The largest absolute Gasteiger partial charge is 0.316 e. The molecule has 2 atom stereocenters. The normalized spacial score (nSPS) is 35.6. The predicted octanol–water partition coefficient (Wildman–Crippen LogP) is 1.76. The molecule has 2 heteroatoms. The summed E-state index contributed by atoms with van der Waals surface area (Å²) in [5, 5.41) is 7.29. The Labute approximate surface area is 87.8 Å². The van der Waals surface area contributed by atoms with Gasteiger partial charge >= 0.3 is 0 Å². The Balaban J connectivity index is 1.75. The first-order chi connectivity index (χ1) is 6.76. The average Bonchev–Trinajstić information content (AvgIpc) is 2.51.